The monoisotopic (exact) mass is 281 g/mol. The van der Waals surface area contributed by atoms with Gasteiger partial charge < -0.3 is 5.32 Å². The predicted octanol–water partition coefficient (Wildman–Crippen LogP) is 1.18. The van der Waals surface area contributed by atoms with Gasteiger partial charge in [0.1, 0.15) is 5.82 Å². The van der Waals surface area contributed by atoms with E-state index in [2.05, 4.69) is 36.4 Å². The highest BCUT2D eigenvalue weighted by Crippen LogP contribution is 2.13. The number of hydrogen-bond donors (Lipinski definition) is 1. The molecule has 1 aliphatic rings. The number of hydrogen-bond acceptors (Lipinski definition) is 4. The van der Waals surface area contributed by atoms with Gasteiger partial charge in [0.15, 0.2) is 0 Å². The Bertz CT molecular complexity index is 503. The maximum Gasteiger partial charge on any atom is 0.255 e. The normalized spacial score (nSPS) is 20.7. The van der Waals surface area contributed by atoms with Crippen molar-refractivity contribution in [3.63, 3.8) is 0 Å². The van der Waals surface area contributed by atoms with Gasteiger partial charge in [0.25, 0.3) is 5.78 Å². The van der Waals surface area contributed by atoms with Crippen LogP contribution in [0.1, 0.15) is 18.7 Å². The van der Waals surface area contributed by atoms with Crippen LogP contribution in [-0.2, 0) is 6.42 Å². The first kappa shape index (κ1) is 10.2. The topological polar surface area (TPSA) is 55.1 Å². The maximum atomic E-state index is 4.20. The summed E-state index contributed by atoms with van der Waals surface area (Å²) in [7, 11) is 0. The van der Waals surface area contributed by atoms with Crippen LogP contribution < -0.4 is 5.32 Å². The van der Waals surface area contributed by atoms with E-state index >= 15 is 0 Å². The Morgan fingerprint density at radius 3 is 3.25 bits per heavy atom. The van der Waals surface area contributed by atoms with Crippen molar-refractivity contribution in [3.05, 3.63) is 22.7 Å². The Labute approximate surface area is 101 Å². The fourth-order valence-electron chi connectivity index (χ4n) is 2.10. The molecule has 3 rings (SSSR count). The minimum absolute atomic E-state index is 0.534. The van der Waals surface area contributed by atoms with Crippen LogP contribution in [0.3, 0.4) is 0 Å². The van der Waals surface area contributed by atoms with Crippen molar-refractivity contribution in [1.82, 2.24) is 24.9 Å². The van der Waals surface area contributed by atoms with Gasteiger partial charge in [-0.2, -0.15) is 0 Å². The molecule has 1 fully saturated rings. The lowest BCUT2D eigenvalue weighted by atomic mass is 10.1. The molecule has 0 bridgehead atoms. The Hall–Kier alpha value is -1.01. The molecule has 16 heavy (non-hydrogen) atoms. The molecular formula is C10H12BrN5. The summed E-state index contributed by atoms with van der Waals surface area (Å²) in [5, 5.41) is 11.7. The van der Waals surface area contributed by atoms with Gasteiger partial charge >= 0.3 is 0 Å². The lowest BCUT2D eigenvalue weighted by Gasteiger charge is -2.07. The first-order chi connectivity index (χ1) is 7.83. The Morgan fingerprint density at radius 2 is 2.44 bits per heavy atom. The van der Waals surface area contributed by atoms with E-state index < -0.39 is 0 Å². The molecule has 0 aliphatic carbocycles. The van der Waals surface area contributed by atoms with Crippen LogP contribution in [0, 0.1) is 0 Å². The van der Waals surface area contributed by atoms with E-state index in [0.29, 0.717) is 11.8 Å². The molecular weight excluding hydrogens is 270 g/mol. The third-order valence-electron chi connectivity index (χ3n) is 2.90. The van der Waals surface area contributed by atoms with Crippen molar-refractivity contribution in [2.75, 3.05) is 6.54 Å². The predicted molar refractivity (Wildman–Crippen MR) is 63.2 cm³/mol. The van der Waals surface area contributed by atoms with Crippen molar-refractivity contribution >= 4 is 21.7 Å². The number of nitrogens with zero attached hydrogens (tertiary/aromatic N) is 4. The van der Waals surface area contributed by atoms with E-state index in [1.807, 2.05) is 10.6 Å². The quantitative estimate of drug-likeness (QED) is 0.898. The summed E-state index contributed by atoms with van der Waals surface area (Å²) in [5.41, 5.74) is 0. The van der Waals surface area contributed by atoms with Gasteiger partial charge in [-0.25, -0.2) is 4.98 Å². The average Bonchev–Trinajstić information content (AvgIpc) is 2.90. The molecule has 84 valence electrons. The van der Waals surface area contributed by atoms with Crippen LogP contribution >= 0.6 is 15.9 Å². The van der Waals surface area contributed by atoms with Crippen molar-refractivity contribution in [2.24, 2.45) is 0 Å². The summed E-state index contributed by atoms with van der Waals surface area (Å²) in [6.07, 6.45) is 7.09. The van der Waals surface area contributed by atoms with Crippen LogP contribution in [0.4, 0.5) is 0 Å². The molecule has 0 saturated carbocycles. The van der Waals surface area contributed by atoms with Crippen molar-refractivity contribution in [2.45, 2.75) is 25.3 Å². The standard InChI is InChI=1S/C10H12BrN5/c11-7-5-13-10-15-14-9(16(10)6-7)4-8-2-1-3-12-8/h5-6,8,12H,1-4H2. The van der Waals surface area contributed by atoms with Crippen molar-refractivity contribution < 1.29 is 0 Å². The molecule has 2 aromatic rings. The number of halogens is 1. The molecule has 1 N–H and O–H groups in total. The summed E-state index contributed by atoms with van der Waals surface area (Å²) in [6, 6.07) is 0.534. The van der Waals surface area contributed by atoms with E-state index in [1.165, 1.54) is 12.8 Å². The van der Waals surface area contributed by atoms with Gasteiger partial charge in [0.2, 0.25) is 0 Å². The molecule has 2 aromatic heterocycles. The molecule has 1 aliphatic heterocycles. The third kappa shape index (κ3) is 1.82. The van der Waals surface area contributed by atoms with Crippen molar-refractivity contribution in [3.8, 4) is 0 Å². The van der Waals surface area contributed by atoms with Crippen LogP contribution in [0.25, 0.3) is 5.78 Å². The lowest BCUT2D eigenvalue weighted by Crippen LogP contribution is -2.24. The summed E-state index contributed by atoms with van der Waals surface area (Å²) >= 11 is 3.41. The SMILES string of the molecule is Brc1cnc2nnc(CC3CCCN3)n2c1. The molecule has 0 radical (unpaired) electrons. The number of rotatable bonds is 2. The highest BCUT2D eigenvalue weighted by molar-refractivity contribution is 9.10. The van der Waals surface area contributed by atoms with Crippen molar-refractivity contribution in [1.29, 1.82) is 0 Å². The molecule has 0 amide bonds. The second-order valence-electron chi connectivity index (χ2n) is 4.06. The second kappa shape index (κ2) is 4.10. The van der Waals surface area contributed by atoms with Gasteiger partial charge in [0.05, 0.1) is 4.47 Å². The zero-order valence-corrected chi connectivity index (χ0v) is 10.3. The molecule has 5 nitrogen and oxygen atoms in total. The summed E-state index contributed by atoms with van der Waals surface area (Å²) < 4.78 is 2.89. The fraction of sp³-hybridized carbons (Fsp3) is 0.500. The van der Waals surface area contributed by atoms with E-state index in [1.54, 1.807) is 6.20 Å². The van der Waals surface area contributed by atoms with E-state index in [9.17, 15) is 0 Å². The summed E-state index contributed by atoms with van der Waals surface area (Å²) in [5.74, 6) is 1.64. The Kier molecular flexibility index (Phi) is 2.61. The van der Waals surface area contributed by atoms with E-state index in [0.717, 1.165) is 23.3 Å². The third-order valence-corrected chi connectivity index (χ3v) is 3.31. The number of aromatic nitrogens is 4. The Balaban J connectivity index is 1.93. The minimum atomic E-state index is 0.534. The highest BCUT2D eigenvalue weighted by atomic mass is 79.9. The Morgan fingerprint density at radius 1 is 1.50 bits per heavy atom. The summed E-state index contributed by atoms with van der Waals surface area (Å²) in [4.78, 5) is 4.20. The molecule has 0 aromatic carbocycles. The van der Waals surface area contributed by atoms with Gasteiger partial charge in [0, 0.05) is 24.9 Å². The molecule has 1 saturated heterocycles. The fourth-order valence-corrected chi connectivity index (χ4v) is 2.41. The van der Waals surface area contributed by atoms with Crippen LogP contribution in [-0.4, -0.2) is 32.2 Å². The van der Waals surface area contributed by atoms with E-state index in [4.69, 9.17) is 0 Å². The molecule has 0 spiro atoms. The lowest BCUT2D eigenvalue weighted by molar-refractivity contribution is 0.582. The maximum absolute atomic E-state index is 4.20. The number of fused-ring (bicyclic) bond motifs is 1. The molecule has 1 unspecified atom stereocenters. The van der Waals surface area contributed by atoms with Gasteiger partial charge in [-0.1, -0.05) is 0 Å². The molecule has 3 heterocycles. The van der Waals surface area contributed by atoms with Crippen LogP contribution in [0.5, 0.6) is 0 Å². The second-order valence-corrected chi connectivity index (χ2v) is 4.97. The minimum Gasteiger partial charge on any atom is -0.314 e. The zero-order chi connectivity index (χ0) is 11.0. The van der Waals surface area contributed by atoms with E-state index in [-0.39, 0.29) is 0 Å². The highest BCUT2D eigenvalue weighted by Gasteiger charge is 2.17. The smallest absolute Gasteiger partial charge is 0.255 e. The first-order valence-corrected chi connectivity index (χ1v) is 6.21. The van der Waals surface area contributed by atoms with Gasteiger partial charge in [-0.05, 0) is 35.3 Å². The zero-order valence-electron chi connectivity index (χ0n) is 8.73. The van der Waals surface area contributed by atoms with Crippen LogP contribution in [0.15, 0.2) is 16.9 Å². The van der Waals surface area contributed by atoms with Gasteiger partial charge in [-0.3, -0.25) is 4.40 Å². The largest absolute Gasteiger partial charge is 0.314 e. The molecule has 1 atom stereocenters. The van der Waals surface area contributed by atoms with Crippen LogP contribution in [0.2, 0.25) is 0 Å². The number of nitrogens with one attached hydrogen (secondary N) is 1. The molecule has 6 heteroatoms. The van der Waals surface area contributed by atoms with Gasteiger partial charge in [-0.15, -0.1) is 10.2 Å². The summed E-state index contributed by atoms with van der Waals surface area (Å²) in [6.45, 7) is 1.11. The first-order valence-electron chi connectivity index (χ1n) is 5.41. The average molecular weight is 282 g/mol.